The van der Waals surface area contributed by atoms with Crippen LogP contribution in [0.2, 0.25) is 0 Å². The van der Waals surface area contributed by atoms with Crippen molar-refractivity contribution in [3.05, 3.63) is 35.9 Å². The molecule has 1 aromatic rings. The molecule has 0 N–H and O–H groups in total. The fourth-order valence-electron chi connectivity index (χ4n) is 2.54. The molecule has 2 rings (SSSR count). The SMILES string of the molecule is COC(=O)[C@@H](CN1CCCCC1)c1ccccc1. The number of benzene rings is 1. The predicted molar refractivity (Wildman–Crippen MR) is 71.5 cm³/mol. The molecule has 0 aliphatic carbocycles. The number of esters is 1. The Kier molecular flexibility index (Phi) is 4.76. The standard InChI is InChI=1S/C15H21NO2/c1-18-15(17)14(13-8-4-2-5-9-13)12-16-10-6-3-7-11-16/h2,4-5,8-9,14H,3,6-7,10-12H2,1H3/t14-/m0/s1. The minimum absolute atomic E-state index is 0.133. The van der Waals surface area contributed by atoms with Gasteiger partial charge in [-0.2, -0.15) is 0 Å². The van der Waals surface area contributed by atoms with Crippen LogP contribution in [0.5, 0.6) is 0 Å². The van der Waals surface area contributed by atoms with Gasteiger partial charge in [-0.15, -0.1) is 0 Å². The van der Waals surface area contributed by atoms with Gasteiger partial charge in [-0.05, 0) is 31.5 Å². The lowest BCUT2D eigenvalue weighted by Gasteiger charge is -2.29. The monoisotopic (exact) mass is 247 g/mol. The first-order valence-corrected chi connectivity index (χ1v) is 6.66. The average Bonchev–Trinajstić information content (AvgIpc) is 2.46. The molecular weight excluding hydrogens is 226 g/mol. The van der Waals surface area contributed by atoms with E-state index in [2.05, 4.69) is 4.90 Å². The molecule has 1 atom stereocenters. The van der Waals surface area contributed by atoms with Crippen molar-refractivity contribution in [2.24, 2.45) is 0 Å². The smallest absolute Gasteiger partial charge is 0.314 e. The number of nitrogens with zero attached hydrogens (tertiary/aromatic N) is 1. The zero-order valence-corrected chi connectivity index (χ0v) is 11.0. The molecule has 0 amide bonds. The first-order valence-electron chi connectivity index (χ1n) is 6.66. The van der Waals surface area contributed by atoms with Crippen LogP contribution in [0.15, 0.2) is 30.3 Å². The lowest BCUT2D eigenvalue weighted by molar-refractivity contribution is -0.143. The summed E-state index contributed by atoms with van der Waals surface area (Å²) in [5.41, 5.74) is 1.05. The van der Waals surface area contributed by atoms with E-state index in [4.69, 9.17) is 4.74 Å². The number of hydrogen-bond acceptors (Lipinski definition) is 3. The number of carbonyl (C=O) groups is 1. The molecule has 0 saturated carbocycles. The van der Waals surface area contributed by atoms with Crippen molar-refractivity contribution in [3.63, 3.8) is 0 Å². The number of hydrogen-bond donors (Lipinski definition) is 0. The van der Waals surface area contributed by atoms with Gasteiger partial charge in [0.2, 0.25) is 0 Å². The van der Waals surface area contributed by atoms with E-state index < -0.39 is 0 Å². The molecule has 1 fully saturated rings. The molecule has 0 bridgehead atoms. The van der Waals surface area contributed by atoms with E-state index in [9.17, 15) is 4.79 Å². The lowest BCUT2D eigenvalue weighted by Crippen LogP contribution is -2.36. The second kappa shape index (κ2) is 6.55. The quantitative estimate of drug-likeness (QED) is 0.765. The summed E-state index contributed by atoms with van der Waals surface area (Å²) in [6.07, 6.45) is 3.79. The van der Waals surface area contributed by atoms with Crippen molar-refractivity contribution in [2.75, 3.05) is 26.7 Å². The van der Waals surface area contributed by atoms with Crippen LogP contribution in [0.3, 0.4) is 0 Å². The topological polar surface area (TPSA) is 29.5 Å². The molecule has 0 aromatic heterocycles. The van der Waals surface area contributed by atoms with E-state index in [1.165, 1.54) is 26.4 Å². The van der Waals surface area contributed by atoms with Crippen molar-refractivity contribution in [1.82, 2.24) is 4.90 Å². The molecule has 98 valence electrons. The highest BCUT2D eigenvalue weighted by Crippen LogP contribution is 2.20. The van der Waals surface area contributed by atoms with Gasteiger partial charge in [-0.3, -0.25) is 4.79 Å². The number of likely N-dealkylation sites (tertiary alicyclic amines) is 1. The molecule has 0 radical (unpaired) electrons. The van der Waals surface area contributed by atoms with Crippen LogP contribution in [-0.2, 0) is 9.53 Å². The summed E-state index contributed by atoms with van der Waals surface area (Å²) in [6.45, 7) is 2.97. The minimum atomic E-state index is -0.158. The van der Waals surface area contributed by atoms with Gasteiger partial charge in [0.05, 0.1) is 13.0 Å². The van der Waals surface area contributed by atoms with Gasteiger partial charge in [0.25, 0.3) is 0 Å². The van der Waals surface area contributed by atoms with Crippen LogP contribution in [0, 0.1) is 0 Å². The second-order valence-corrected chi connectivity index (χ2v) is 4.85. The molecule has 1 aliphatic heterocycles. The van der Waals surface area contributed by atoms with Gasteiger partial charge in [0.15, 0.2) is 0 Å². The van der Waals surface area contributed by atoms with Crippen molar-refractivity contribution < 1.29 is 9.53 Å². The Morgan fingerprint density at radius 2 is 1.89 bits per heavy atom. The first kappa shape index (κ1) is 13.1. The average molecular weight is 247 g/mol. The van der Waals surface area contributed by atoms with Crippen LogP contribution in [-0.4, -0.2) is 37.6 Å². The van der Waals surface area contributed by atoms with Crippen molar-refractivity contribution >= 4 is 5.97 Å². The van der Waals surface area contributed by atoms with E-state index in [-0.39, 0.29) is 11.9 Å². The molecule has 0 spiro atoms. The molecule has 0 unspecified atom stereocenters. The summed E-state index contributed by atoms with van der Waals surface area (Å²) in [6, 6.07) is 9.93. The van der Waals surface area contributed by atoms with E-state index in [0.29, 0.717) is 0 Å². The highest BCUT2D eigenvalue weighted by Gasteiger charge is 2.24. The van der Waals surface area contributed by atoms with E-state index in [1.54, 1.807) is 0 Å². The van der Waals surface area contributed by atoms with E-state index in [0.717, 1.165) is 25.2 Å². The van der Waals surface area contributed by atoms with Crippen LogP contribution in [0.25, 0.3) is 0 Å². The summed E-state index contributed by atoms with van der Waals surface area (Å²) in [5, 5.41) is 0. The Morgan fingerprint density at radius 1 is 1.22 bits per heavy atom. The third-order valence-corrected chi connectivity index (χ3v) is 3.58. The lowest BCUT2D eigenvalue weighted by atomic mass is 9.97. The maximum absolute atomic E-state index is 11.9. The Balaban J connectivity index is 2.07. The second-order valence-electron chi connectivity index (χ2n) is 4.85. The summed E-state index contributed by atoms with van der Waals surface area (Å²) in [5.74, 6) is -0.291. The molecule has 1 aliphatic rings. The summed E-state index contributed by atoms with van der Waals surface area (Å²) >= 11 is 0. The molecule has 1 saturated heterocycles. The van der Waals surface area contributed by atoms with Gasteiger partial charge in [-0.1, -0.05) is 36.8 Å². The van der Waals surface area contributed by atoms with Crippen LogP contribution in [0.4, 0.5) is 0 Å². The van der Waals surface area contributed by atoms with Crippen LogP contribution < -0.4 is 0 Å². The maximum atomic E-state index is 11.9. The number of piperidine rings is 1. The molecule has 3 nitrogen and oxygen atoms in total. The Morgan fingerprint density at radius 3 is 2.50 bits per heavy atom. The predicted octanol–water partition coefficient (Wildman–Crippen LogP) is 2.43. The molecular formula is C15H21NO2. The van der Waals surface area contributed by atoms with Gasteiger partial charge in [0, 0.05) is 6.54 Å². The fraction of sp³-hybridized carbons (Fsp3) is 0.533. The number of ether oxygens (including phenoxy) is 1. The molecule has 18 heavy (non-hydrogen) atoms. The van der Waals surface area contributed by atoms with Gasteiger partial charge in [-0.25, -0.2) is 0 Å². The van der Waals surface area contributed by atoms with Crippen molar-refractivity contribution in [1.29, 1.82) is 0 Å². The van der Waals surface area contributed by atoms with Crippen molar-refractivity contribution in [3.8, 4) is 0 Å². The first-order chi connectivity index (χ1) is 8.81. The summed E-state index contributed by atoms with van der Waals surface area (Å²) in [7, 11) is 1.47. The van der Waals surface area contributed by atoms with Crippen molar-refractivity contribution in [2.45, 2.75) is 25.2 Å². The molecule has 1 heterocycles. The van der Waals surface area contributed by atoms with Crippen LogP contribution >= 0.6 is 0 Å². The summed E-state index contributed by atoms with van der Waals surface area (Å²) in [4.78, 5) is 14.3. The Bertz CT molecular complexity index is 371. The number of methoxy groups -OCH3 is 1. The van der Waals surface area contributed by atoms with Crippen LogP contribution in [0.1, 0.15) is 30.7 Å². The third kappa shape index (κ3) is 3.33. The number of rotatable bonds is 4. The Labute approximate surface area is 109 Å². The minimum Gasteiger partial charge on any atom is -0.469 e. The third-order valence-electron chi connectivity index (χ3n) is 3.58. The largest absolute Gasteiger partial charge is 0.469 e. The highest BCUT2D eigenvalue weighted by molar-refractivity contribution is 5.78. The Hall–Kier alpha value is -1.35. The molecule has 3 heteroatoms. The van der Waals surface area contributed by atoms with E-state index >= 15 is 0 Å². The number of carbonyl (C=O) groups excluding carboxylic acids is 1. The van der Waals surface area contributed by atoms with E-state index in [1.807, 2.05) is 30.3 Å². The maximum Gasteiger partial charge on any atom is 0.314 e. The zero-order chi connectivity index (χ0) is 12.8. The normalized spacial score (nSPS) is 18.3. The summed E-state index contributed by atoms with van der Waals surface area (Å²) < 4.78 is 4.94. The fourth-order valence-corrected chi connectivity index (χ4v) is 2.54. The highest BCUT2D eigenvalue weighted by atomic mass is 16.5. The van der Waals surface area contributed by atoms with Gasteiger partial charge >= 0.3 is 5.97 Å². The van der Waals surface area contributed by atoms with Gasteiger partial charge in [0.1, 0.15) is 0 Å². The van der Waals surface area contributed by atoms with Gasteiger partial charge < -0.3 is 9.64 Å². The molecule has 1 aromatic carbocycles. The zero-order valence-electron chi connectivity index (χ0n) is 11.0.